The summed E-state index contributed by atoms with van der Waals surface area (Å²) >= 11 is 2.31. The lowest BCUT2D eigenvalue weighted by Gasteiger charge is -2.10. The van der Waals surface area contributed by atoms with E-state index in [1.165, 1.54) is 22.0 Å². The van der Waals surface area contributed by atoms with Crippen molar-refractivity contribution in [3.63, 3.8) is 0 Å². The van der Waals surface area contributed by atoms with Crippen molar-refractivity contribution in [3.05, 3.63) is 33.4 Å². The number of unbranched alkanes of at least 4 members (excludes halogenated alkanes) is 1. The van der Waals surface area contributed by atoms with Gasteiger partial charge in [-0.3, -0.25) is 0 Å². The van der Waals surface area contributed by atoms with Gasteiger partial charge in [-0.05, 0) is 46.7 Å². The Morgan fingerprint density at radius 2 is 1.92 bits per heavy atom. The third-order valence-corrected chi connectivity index (χ3v) is 2.89. The highest BCUT2D eigenvalue weighted by Gasteiger charge is 2.03. The van der Waals surface area contributed by atoms with E-state index in [4.69, 9.17) is 5.73 Å². The molecule has 0 bridgehead atoms. The van der Waals surface area contributed by atoms with Crippen LogP contribution in [0, 0.1) is 3.57 Å². The van der Waals surface area contributed by atoms with Crippen LogP contribution in [0.3, 0.4) is 0 Å². The maximum atomic E-state index is 6.03. The molecule has 0 aliphatic carbocycles. The van der Waals surface area contributed by atoms with Gasteiger partial charge < -0.3 is 5.73 Å². The largest absolute Gasteiger partial charge is 0.324 e. The summed E-state index contributed by atoms with van der Waals surface area (Å²) in [5.74, 6) is 0. The minimum absolute atomic E-state index is 0.219. The molecule has 0 aromatic heterocycles. The second-order valence-corrected chi connectivity index (χ2v) is 4.55. The van der Waals surface area contributed by atoms with Crippen LogP contribution >= 0.6 is 22.6 Å². The first-order chi connectivity index (χ1) is 6.24. The molecule has 1 aromatic carbocycles. The Morgan fingerprint density at radius 3 is 2.46 bits per heavy atom. The average Bonchev–Trinajstić information content (AvgIpc) is 2.15. The fourth-order valence-corrected chi connectivity index (χ4v) is 1.66. The Bertz CT molecular complexity index is 243. The lowest BCUT2D eigenvalue weighted by molar-refractivity contribution is 0.603. The molecule has 0 heterocycles. The molecule has 0 spiro atoms. The SMILES string of the molecule is CCCCC(N)c1ccc(I)cc1. The van der Waals surface area contributed by atoms with E-state index >= 15 is 0 Å². The maximum Gasteiger partial charge on any atom is 0.0294 e. The molecule has 0 aliphatic rings. The van der Waals surface area contributed by atoms with Crippen LogP contribution < -0.4 is 5.73 Å². The smallest absolute Gasteiger partial charge is 0.0294 e. The third kappa shape index (κ3) is 3.65. The van der Waals surface area contributed by atoms with E-state index in [-0.39, 0.29) is 6.04 Å². The lowest BCUT2D eigenvalue weighted by Crippen LogP contribution is -2.09. The van der Waals surface area contributed by atoms with Gasteiger partial charge in [-0.1, -0.05) is 31.9 Å². The van der Waals surface area contributed by atoms with E-state index in [2.05, 4.69) is 53.8 Å². The fraction of sp³-hybridized carbons (Fsp3) is 0.455. The van der Waals surface area contributed by atoms with Gasteiger partial charge in [0.25, 0.3) is 0 Å². The molecule has 0 amide bonds. The quantitative estimate of drug-likeness (QED) is 0.844. The first-order valence-electron chi connectivity index (χ1n) is 4.75. The van der Waals surface area contributed by atoms with Gasteiger partial charge in [0.1, 0.15) is 0 Å². The summed E-state index contributed by atoms with van der Waals surface area (Å²) in [6, 6.07) is 8.70. The van der Waals surface area contributed by atoms with Crippen LogP contribution in [-0.2, 0) is 0 Å². The first kappa shape index (κ1) is 11.0. The van der Waals surface area contributed by atoms with E-state index in [1.807, 2.05) is 0 Å². The summed E-state index contributed by atoms with van der Waals surface area (Å²) in [5, 5.41) is 0. The van der Waals surface area contributed by atoms with Crippen molar-refractivity contribution in [2.75, 3.05) is 0 Å². The van der Waals surface area contributed by atoms with E-state index in [0.717, 1.165) is 6.42 Å². The molecule has 1 nitrogen and oxygen atoms in total. The molecule has 1 aromatic rings. The second kappa shape index (κ2) is 5.60. The normalized spacial score (nSPS) is 12.8. The molecule has 1 rings (SSSR count). The molecule has 1 unspecified atom stereocenters. The van der Waals surface area contributed by atoms with Crippen molar-refractivity contribution in [2.45, 2.75) is 32.2 Å². The van der Waals surface area contributed by atoms with E-state index < -0.39 is 0 Å². The molecular formula is C11H16IN. The van der Waals surface area contributed by atoms with E-state index in [1.54, 1.807) is 0 Å². The number of hydrogen-bond donors (Lipinski definition) is 1. The monoisotopic (exact) mass is 289 g/mol. The molecular weight excluding hydrogens is 273 g/mol. The Hall–Kier alpha value is -0.0900. The molecule has 0 aliphatic heterocycles. The van der Waals surface area contributed by atoms with E-state index in [0.29, 0.717) is 0 Å². The molecule has 2 heteroatoms. The zero-order chi connectivity index (χ0) is 9.68. The summed E-state index contributed by atoms with van der Waals surface area (Å²) in [6.07, 6.45) is 3.53. The maximum absolute atomic E-state index is 6.03. The summed E-state index contributed by atoms with van der Waals surface area (Å²) in [6.45, 7) is 2.20. The van der Waals surface area contributed by atoms with Crippen molar-refractivity contribution >= 4 is 22.6 Å². The Morgan fingerprint density at radius 1 is 1.31 bits per heavy atom. The van der Waals surface area contributed by atoms with Crippen LogP contribution in [0.5, 0.6) is 0 Å². The topological polar surface area (TPSA) is 26.0 Å². The second-order valence-electron chi connectivity index (χ2n) is 3.30. The highest BCUT2D eigenvalue weighted by molar-refractivity contribution is 14.1. The molecule has 13 heavy (non-hydrogen) atoms. The molecule has 72 valence electrons. The number of nitrogens with two attached hydrogens (primary N) is 1. The van der Waals surface area contributed by atoms with Crippen molar-refractivity contribution in [3.8, 4) is 0 Å². The van der Waals surface area contributed by atoms with Gasteiger partial charge in [-0.2, -0.15) is 0 Å². The zero-order valence-electron chi connectivity index (χ0n) is 7.96. The van der Waals surface area contributed by atoms with Gasteiger partial charge in [0.2, 0.25) is 0 Å². The van der Waals surface area contributed by atoms with Crippen molar-refractivity contribution in [1.82, 2.24) is 0 Å². The molecule has 0 saturated carbocycles. The first-order valence-corrected chi connectivity index (χ1v) is 5.83. The Labute approximate surface area is 93.9 Å². The van der Waals surface area contributed by atoms with Gasteiger partial charge in [0.15, 0.2) is 0 Å². The molecule has 0 fully saturated rings. The van der Waals surface area contributed by atoms with Gasteiger partial charge in [0.05, 0.1) is 0 Å². The van der Waals surface area contributed by atoms with Gasteiger partial charge in [0, 0.05) is 9.61 Å². The standard InChI is InChI=1S/C11H16IN/c1-2-3-4-11(13)9-5-7-10(12)8-6-9/h5-8,11H,2-4,13H2,1H3. The summed E-state index contributed by atoms with van der Waals surface area (Å²) in [7, 11) is 0. The molecule has 1 atom stereocenters. The predicted molar refractivity (Wildman–Crippen MR) is 65.6 cm³/mol. The van der Waals surface area contributed by atoms with Crippen LogP contribution in [0.2, 0.25) is 0 Å². The third-order valence-electron chi connectivity index (χ3n) is 2.17. The van der Waals surface area contributed by atoms with Crippen molar-refractivity contribution < 1.29 is 0 Å². The number of halogens is 1. The van der Waals surface area contributed by atoms with E-state index in [9.17, 15) is 0 Å². The molecule has 2 N–H and O–H groups in total. The van der Waals surface area contributed by atoms with Crippen LogP contribution in [0.1, 0.15) is 37.8 Å². The van der Waals surface area contributed by atoms with Crippen LogP contribution in [0.15, 0.2) is 24.3 Å². The Balaban J connectivity index is 2.55. The molecule has 0 saturated heterocycles. The highest BCUT2D eigenvalue weighted by atomic mass is 127. The van der Waals surface area contributed by atoms with Gasteiger partial charge in [-0.15, -0.1) is 0 Å². The molecule has 0 radical (unpaired) electrons. The lowest BCUT2D eigenvalue weighted by atomic mass is 10.0. The minimum Gasteiger partial charge on any atom is -0.324 e. The highest BCUT2D eigenvalue weighted by Crippen LogP contribution is 2.17. The van der Waals surface area contributed by atoms with Crippen LogP contribution in [-0.4, -0.2) is 0 Å². The van der Waals surface area contributed by atoms with Gasteiger partial charge in [-0.25, -0.2) is 0 Å². The van der Waals surface area contributed by atoms with Crippen LogP contribution in [0.25, 0.3) is 0 Å². The van der Waals surface area contributed by atoms with Gasteiger partial charge >= 0.3 is 0 Å². The fourth-order valence-electron chi connectivity index (χ4n) is 1.30. The predicted octanol–water partition coefficient (Wildman–Crippen LogP) is 3.48. The summed E-state index contributed by atoms with van der Waals surface area (Å²) < 4.78 is 1.27. The average molecular weight is 289 g/mol. The number of rotatable bonds is 4. The zero-order valence-corrected chi connectivity index (χ0v) is 10.1. The minimum atomic E-state index is 0.219. The Kier molecular flexibility index (Phi) is 4.73. The summed E-state index contributed by atoms with van der Waals surface area (Å²) in [4.78, 5) is 0. The number of benzene rings is 1. The summed E-state index contributed by atoms with van der Waals surface area (Å²) in [5.41, 5.74) is 7.29. The van der Waals surface area contributed by atoms with Crippen molar-refractivity contribution in [2.24, 2.45) is 5.73 Å². The van der Waals surface area contributed by atoms with Crippen molar-refractivity contribution in [1.29, 1.82) is 0 Å². The number of hydrogen-bond acceptors (Lipinski definition) is 1. The van der Waals surface area contributed by atoms with Crippen LogP contribution in [0.4, 0.5) is 0 Å².